The van der Waals surface area contributed by atoms with E-state index in [1.54, 1.807) is 0 Å². The van der Waals surface area contributed by atoms with Crippen molar-refractivity contribution in [2.45, 2.75) is 31.3 Å². The number of rotatable bonds is 3. The van der Waals surface area contributed by atoms with Crippen LogP contribution >= 0.6 is 23.7 Å². The van der Waals surface area contributed by atoms with Gasteiger partial charge in [0, 0.05) is 36.3 Å². The molecule has 2 fully saturated rings. The second-order valence-electron chi connectivity index (χ2n) is 7.61. The molecule has 2 atom stereocenters. The Hall–Kier alpha value is -2.21. The number of likely N-dealkylation sites (tertiary alicyclic amines) is 1. The average Bonchev–Trinajstić information content (AvgIpc) is 3.32. The van der Waals surface area contributed by atoms with Crippen molar-refractivity contribution in [3.8, 4) is 21.8 Å². The van der Waals surface area contributed by atoms with Crippen LogP contribution < -0.4 is 5.32 Å². The standard InChI is InChI=1S/C23H23N3OS.ClH/c27-23(26-14-13-18-11-12-19(15-26)24-18)21-20(16-7-3-1-4-8-16)25-22(28-21)17-9-5-2-6-10-17;/h1-10,18-19,24H,11-15H2;1H. The van der Waals surface area contributed by atoms with Crippen LogP contribution in [0.25, 0.3) is 21.8 Å². The van der Waals surface area contributed by atoms with Gasteiger partial charge >= 0.3 is 0 Å². The minimum atomic E-state index is 0. The summed E-state index contributed by atoms with van der Waals surface area (Å²) in [6.07, 6.45) is 3.44. The third-order valence-corrected chi connectivity index (χ3v) is 6.79. The van der Waals surface area contributed by atoms with Crippen molar-refractivity contribution in [3.05, 3.63) is 65.5 Å². The summed E-state index contributed by atoms with van der Waals surface area (Å²) in [6, 6.07) is 21.2. The van der Waals surface area contributed by atoms with Gasteiger partial charge in [-0.05, 0) is 19.3 Å². The van der Waals surface area contributed by atoms with E-state index in [9.17, 15) is 4.79 Å². The van der Waals surface area contributed by atoms with Crippen LogP contribution in [0.4, 0.5) is 0 Å². The predicted molar refractivity (Wildman–Crippen MR) is 121 cm³/mol. The lowest BCUT2D eigenvalue weighted by Crippen LogP contribution is -2.38. The maximum Gasteiger partial charge on any atom is 0.266 e. The van der Waals surface area contributed by atoms with E-state index in [0.29, 0.717) is 12.1 Å². The lowest BCUT2D eigenvalue weighted by molar-refractivity contribution is 0.0753. The number of hydrogen-bond donors (Lipinski definition) is 1. The van der Waals surface area contributed by atoms with Gasteiger partial charge in [0.05, 0.1) is 5.69 Å². The quantitative estimate of drug-likeness (QED) is 0.651. The normalized spacial score (nSPS) is 20.8. The number of aromatic nitrogens is 1. The van der Waals surface area contributed by atoms with Gasteiger partial charge in [-0.25, -0.2) is 4.98 Å². The first-order valence-corrected chi connectivity index (χ1v) is 10.8. The molecular formula is C23H24ClN3OS. The number of nitrogens with zero attached hydrogens (tertiary/aromatic N) is 2. The molecule has 1 amide bonds. The molecule has 0 spiro atoms. The van der Waals surface area contributed by atoms with Crippen LogP contribution in [0.2, 0.25) is 0 Å². The molecular weight excluding hydrogens is 402 g/mol. The van der Waals surface area contributed by atoms with E-state index in [2.05, 4.69) is 17.4 Å². The molecule has 2 saturated heterocycles. The minimum absolute atomic E-state index is 0. The summed E-state index contributed by atoms with van der Waals surface area (Å²) >= 11 is 1.51. The summed E-state index contributed by atoms with van der Waals surface area (Å²) in [4.78, 5) is 21.2. The first-order chi connectivity index (χ1) is 13.8. The van der Waals surface area contributed by atoms with Crippen LogP contribution in [0, 0.1) is 0 Å². The molecule has 150 valence electrons. The number of benzene rings is 2. The molecule has 4 nitrogen and oxygen atoms in total. The van der Waals surface area contributed by atoms with Crippen molar-refractivity contribution in [1.29, 1.82) is 0 Å². The van der Waals surface area contributed by atoms with E-state index in [4.69, 9.17) is 4.98 Å². The average molecular weight is 426 g/mol. The molecule has 0 radical (unpaired) electrons. The lowest BCUT2D eigenvalue weighted by atomic mass is 10.1. The molecule has 2 aromatic carbocycles. The van der Waals surface area contributed by atoms with E-state index in [1.807, 2.05) is 53.4 Å². The highest BCUT2D eigenvalue weighted by Crippen LogP contribution is 2.35. The van der Waals surface area contributed by atoms with Crippen LogP contribution in [0.3, 0.4) is 0 Å². The smallest absolute Gasteiger partial charge is 0.266 e. The topological polar surface area (TPSA) is 45.2 Å². The molecule has 2 unspecified atom stereocenters. The van der Waals surface area contributed by atoms with Crippen molar-refractivity contribution in [2.24, 2.45) is 0 Å². The van der Waals surface area contributed by atoms with E-state index in [1.165, 1.54) is 17.8 Å². The van der Waals surface area contributed by atoms with Gasteiger partial charge < -0.3 is 10.2 Å². The van der Waals surface area contributed by atoms with Gasteiger partial charge in [0.25, 0.3) is 5.91 Å². The van der Waals surface area contributed by atoms with Crippen LogP contribution in [-0.4, -0.2) is 41.0 Å². The first-order valence-electron chi connectivity index (χ1n) is 9.95. The van der Waals surface area contributed by atoms with E-state index < -0.39 is 0 Å². The number of fused-ring (bicyclic) bond motifs is 2. The summed E-state index contributed by atoms with van der Waals surface area (Å²) in [5.41, 5.74) is 2.86. The van der Waals surface area contributed by atoms with Gasteiger partial charge in [0.2, 0.25) is 0 Å². The molecule has 6 heteroatoms. The summed E-state index contributed by atoms with van der Waals surface area (Å²) in [7, 11) is 0. The molecule has 5 rings (SSSR count). The fraction of sp³-hybridized carbons (Fsp3) is 0.304. The fourth-order valence-corrected chi connectivity index (χ4v) is 5.29. The van der Waals surface area contributed by atoms with E-state index >= 15 is 0 Å². The second kappa shape index (κ2) is 8.66. The molecule has 2 bridgehead atoms. The summed E-state index contributed by atoms with van der Waals surface area (Å²) in [5.74, 6) is 0.118. The monoisotopic (exact) mass is 425 g/mol. The molecule has 0 aliphatic carbocycles. The van der Waals surface area contributed by atoms with Gasteiger partial charge in [-0.3, -0.25) is 4.79 Å². The molecule has 29 heavy (non-hydrogen) atoms. The number of carbonyl (C=O) groups is 1. The Kier molecular flexibility index (Phi) is 5.99. The van der Waals surface area contributed by atoms with Crippen molar-refractivity contribution in [2.75, 3.05) is 13.1 Å². The third kappa shape index (κ3) is 4.08. The highest BCUT2D eigenvalue weighted by Gasteiger charge is 2.33. The molecule has 1 aromatic heterocycles. The zero-order valence-electron chi connectivity index (χ0n) is 16.1. The van der Waals surface area contributed by atoms with Gasteiger partial charge in [0.1, 0.15) is 9.88 Å². The number of thiazole rings is 1. The van der Waals surface area contributed by atoms with E-state index in [-0.39, 0.29) is 18.3 Å². The Morgan fingerprint density at radius 1 is 0.931 bits per heavy atom. The molecule has 1 N–H and O–H groups in total. The Morgan fingerprint density at radius 3 is 2.31 bits per heavy atom. The van der Waals surface area contributed by atoms with Gasteiger partial charge in [-0.15, -0.1) is 23.7 Å². The lowest BCUT2D eigenvalue weighted by Gasteiger charge is -2.24. The summed E-state index contributed by atoms with van der Waals surface area (Å²) in [6.45, 7) is 1.61. The summed E-state index contributed by atoms with van der Waals surface area (Å²) in [5, 5.41) is 4.56. The van der Waals surface area contributed by atoms with E-state index in [0.717, 1.165) is 52.6 Å². The van der Waals surface area contributed by atoms with Crippen LogP contribution in [-0.2, 0) is 0 Å². The van der Waals surface area contributed by atoms with Crippen molar-refractivity contribution in [1.82, 2.24) is 15.2 Å². The predicted octanol–water partition coefficient (Wildman–Crippen LogP) is 4.87. The van der Waals surface area contributed by atoms with Crippen LogP contribution in [0.5, 0.6) is 0 Å². The first kappa shape index (κ1) is 20.1. The van der Waals surface area contributed by atoms with Crippen LogP contribution in [0.15, 0.2) is 60.7 Å². The number of halogens is 1. The zero-order valence-corrected chi connectivity index (χ0v) is 17.7. The Balaban J connectivity index is 0.00000205. The third-order valence-electron chi connectivity index (χ3n) is 5.70. The van der Waals surface area contributed by atoms with Crippen molar-refractivity contribution in [3.63, 3.8) is 0 Å². The zero-order chi connectivity index (χ0) is 18.9. The second-order valence-corrected chi connectivity index (χ2v) is 8.61. The Bertz CT molecular complexity index is 976. The Morgan fingerprint density at radius 2 is 1.59 bits per heavy atom. The highest BCUT2D eigenvalue weighted by atomic mass is 35.5. The van der Waals surface area contributed by atoms with Crippen LogP contribution in [0.1, 0.15) is 28.9 Å². The molecule has 3 heterocycles. The summed E-state index contributed by atoms with van der Waals surface area (Å²) < 4.78 is 0. The molecule has 0 saturated carbocycles. The number of carbonyl (C=O) groups excluding carboxylic acids is 1. The number of hydrogen-bond acceptors (Lipinski definition) is 4. The highest BCUT2D eigenvalue weighted by molar-refractivity contribution is 7.17. The Labute approximate surface area is 181 Å². The fourth-order valence-electron chi connectivity index (χ4n) is 4.23. The van der Waals surface area contributed by atoms with Crippen molar-refractivity contribution < 1.29 is 4.79 Å². The van der Waals surface area contributed by atoms with Gasteiger partial charge in [0.15, 0.2) is 0 Å². The molecule has 2 aliphatic heterocycles. The van der Waals surface area contributed by atoms with Crippen molar-refractivity contribution >= 4 is 29.7 Å². The maximum atomic E-state index is 13.5. The number of amides is 1. The minimum Gasteiger partial charge on any atom is -0.336 e. The SMILES string of the molecule is Cl.O=C(c1sc(-c2ccccc2)nc1-c1ccccc1)N1CCC2CCC(C1)N2. The number of nitrogens with one attached hydrogen (secondary N) is 1. The van der Waals surface area contributed by atoms with Gasteiger partial charge in [-0.2, -0.15) is 0 Å². The maximum absolute atomic E-state index is 13.5. The largest absolute Gasteiger partial charge is 0.336 e. The van der Waals surface area contributed by atoms with Gasteiger partial charge in [-0.1, -0.05) is 60.7 Å². The molecule has 3 aromatic rings. The molecule has 2 aliphatic rings.